The second kappa shape index (κ2) is 6.96. The normalized spacial score (nSPS) is 56.3. The molecular formula is C30H48O2. The molecule has 0 amide bonds. The molecule has 0 heterocycles. The minimum Gasteiger partial charge on any atom is -0.393 e. The second-order valence-electron chi connectivity index (χ2n) is 14.4. The van der Waals surface area contributed by atoms with Crippen LogP contribution < -0.4 is 0 Å². The lowest BCUT2D eigenvalue weighted by Gasteiger charge is -2.72. The first kappa shape index (κ1) is 23.1. The molecule has 0 saturated heterocycles. The number of aliphatic hydroxyl groups excluding tert-OH is 1. The van der Waals surface area contributed by atoms with E-state index in [2.05, 4.69) is 48.1 Å². The van der Waals surface area contributed by atoms with Crippen LogP contribution in [0.2, 0.25) is 0 Å². The van der Waals surface area contributed by atoms with Gasteiger partial charge in [-0.1, -0.05) is 46.8 Å². The minimum atomic E-state index is -0.158. The standard InChI is InChI=1S/C30H48O2/c1-19(2)20-10-15-30(18-31)17-16-28(6)21(25(20)30)8-9-23-27(5)13-12-24(32)26(3,4)22(27)11-14-29(23,28)7/h18,20-25,32H,1,8-17H2,2-7H3/t20?,21?,22?,23?,24-,25?,27-,28+,29+,30+/m0/s1. The van der Waals surface area contributed by atoms with E-state index in [1.54, 1.807) is 0 Å². The lowest BCUT2D eigenvalue weighted by atomic mass is 9.32. The number of rotatable bonds is 2. The summed E-state index contributed by atoms with van der Waals surface area (Å²) >= 11 is 0. The molecular weight excluding hydrogens is 392 g/mol. The van der Waals surface area contributed by atoms with Gasteiger partial charge in [-0.25, -0.2) is 0 Å². The monoisotopic (exact) mass is 440 g/mol. The van der Waals surface area contributed by atoms with Gasteiger partial charge in [0.05, 0.1) is 6.10 Å². The van der Waals surface area contributed by atoms with Crippen LogP contribution in [0.15, 0.2) is 12.2 Å². The Morgan fingerprint density at radius 1 is 0.844 bits per heavy atom. The van der Waals surface area contributed by atoms with Crippen molar-refractivity contribution >= 4 is 6.29 Å². The predicted octanol–water partition coefficient (Wildman–Crippen LogP) is 7.20. The third-order valence-corrected chi connectivity index (χ3v) is 13.3. The summed E-state index contributed by atoms with van der Waals surface area (Å²) < 4.78 is 0. The molecule has 32 heavy (non-hydrogen) atoms. The third-order valence-electron chi connectivity index (χ3n) is 13.3. The Hall–Kier alpha value is -0.630. The Balaban J connectivity index is 1.56. The van der Waals surface area contributed by atoms with Crippen molar-refractivity contribution in [3.8, 4) is 0 Å². The molecule has 0 aromatic rings. The van der Waals surface area contributed by atoms with Crippen molar-refractivity contribution in [3.05, 3.63) is 12.2 Å². The van der Waals surface area contributed by atoms with Crippen molar-refractivity contribution in [1.29, 1.82) is 0 Å². The van der Waals surface area contributed by atoms with Gasteiger partial charge in [-0.05, 0) is 122 Å². The molecule has 2 heteroatoms. The lowest BCUT2D eigenvalue weighted by molar-refractivity contribution is -0.245. The number of fused-ring (bicyclic) bond motifs is 7. The number of aldehydes is 1. The summed E-state index contributed by atoms with van der Waals surface area (Å²) in [5.41, 5.74) is 2.20. The molecule has 0 bridgehead atoms. The Morgan fingerprint density at radius 2 is 1.56 bits per heavy atom. The first-order chi connectivity index (χ1) is 14.9. The summed E-state index contributed by atoms with van der Waals surface area (Å²) in [6.07, 6.45) is 13.1. The molecule has 0 spiro atoms. The van der Waals surface area contributed by atoms with E-state index in [1.165, 1.54) is 50.4 Å². The van der Waals surface area contributed by atoms with Gasteiger partial charge in [-0.2, -0.15) is 0 Å². The Kier molecular flexibility index (Phi) is 5.03. The first-order valence-electron chi connectivity index (χ1n) is 13.7. The van der Waals surface area contributed by atoms with Gasteiger partial charge in [0.25, 0.3) is 0 Å². The number of aliphatic hydroxyl groups is 1. The molecule has 180 valence electrons. The minimum absolute atomic E-state index is 0.0157. The lowest BCUT2D eigenvalue weighted by Crippen LogP contribution is -2.66. The largest absolute Gasteiger partial charge is 0.393 e. The van der Waals surface area contributed by atoms with E-state index >= 15 is 0 Å². The maximum atomic E-state index is 12.6. The Morgan fingerprint density at radius 3 is 2.22 bits per heavy atom. The van der Waals surface area contributed by atoms with Crippen molar-refractivity contribution in [3.63, 3.8) is 0 Å². The van der Waals surface area contributed by atoms with Gasteiger partial charge in [0.2, 0.25) is 0 Å². The molecule has 2 nitrogen and oxygen atoms in total. The zero-order valence-electron chi connectivity index (χ0n) is 21.7. The number of carbonyl (C=O) groups excluding carboxylic acids is 1. The van der Waals surface area contributed by atoms with Gasteiger partial charge >= 0.3 is 0 Å². The van der Waals surface area contributed by atoms with Gasteiger partial charge in [0.15, 0.2) is 0 Å². The van der Waals surface area contributed by atoms with Gasteiger partial charge in [0, 0.05) is 5.41 Å². The number of hydrogen-bond acceptors (Lipinski definition) is 2. The number of carbonyl (C=O) groups is 1. The van der Waals surface area contributed by atoms with E-state index < -0.39 is 0 Å². The Bertz CT molecular complexity index is 814. The van der Waals surface area contributed by atoms with Crippen molar-refractivity contribution < 1.29 is 9.90 Å². The summed E-state index contributed by atoms with van der Waals surface area (Å²) in [6, 6.07) is 0. The topological polar surface area (TPSA) is 37.3 Å². The van der Waals surface area contributed by atoms with Gasteiger partial charge < -0.3 is 9.90 Å². The van der Waals surface area contributed by atoms with E-state index in [1.807, 2.05) is 0 Å². The van der Waals surface area contributed by atoms with Gasteiger partial charge in [0.1, 0.15) is 6.29 Å². The molecule has 0 radical (unpaired) electrons. The van der Waals surface area contributed by atoms with Crippen molar-refractivity contribution in [2.45, 2.75) is 112 Å². The highest BCUT2D eigenvalue weighted by Gasteiger charge is 2.70. The zero-order chi connectivity index (χ0) is 23.3. The maximum absolute atomic E-state index is 12.6. The van der Waals surface area contributed by atoms with Crippen molar-refractivity contribution in [2.24, 2.45) is 56.7 Å². The molecule has 5 unspecified atom stereocenters. The fraction of sp³-hybridized carbons (Fsp3) is 0.900. The van der Waals surface area contributed by atoms with Crippen molar-refractivity contribution in [1.82, 2.24) is 0 Å². The van der Waals surface area contributed by atoms with Gasteiger partial charge in [-0.15, -0.1) is 0 Å². The second-order valence-corrected chi connectivity index (χ2v) is 14.4. The van der Waals surface area contributed by atoms with E-state index in [0.717, 1.165) is 31.6 Å². The van der Waals surface area contributed by atoms with E-state index in [4.69, 9.17) is 0 Å². The summed E-state index contributed by atoms with van der Waals surface area (Å²) in [5, 5.41) is 10.9. The van der Waals surface area contributed by atoms with E-state index in [9.17, 15) is 9.90 Å². The molecule has 10 atom stereocenters. The molecule has 5 aliphatic rings. The smallest absolute Gasteiger partial charge is 0.126 e. The number of hydrogen-bond donors (Lipinski definition) is 1. The van der Waals surface area contributed by atoms with Crippen LogP contribution >= 0.6 is 0 Å². The van der Waals surface area contributed by atoms with Crippen LogP contribution in [0.25, 0.3) is 0 Å². The summed E-state index contributed by atoms with van der Waals surface area (Å²) in [7, 11) is 0. The highest BCUT2D eigenvalue weighted by atomic mass is 16.3. The maximum Gasteiger partial charge on any atom is 0.126 e. The fourth-order valence-corrected chi connectivity index (χ4v) is 11.4. The van der Waals surface area contributed by atoms with Crippen LogP contribution in [0.1, 0.15) is 106 Å². The zero-order valence-corrected chi connectivity index (χ0v) is 21.7. The van der Waals surface area contributed by atoms with Crippen LogP contribution in [0, 0.1) is 56.7 Å². The summed E-state index contributed by atoms with van der Waals surface area (Å²) in [5.74, 6) is 3.03. The summed E-state index contributed by atoms with van der Waals surface area (Å²) in [6.45, 7) is 19.2. The molecule has 1 N–H and O–H groups in total. The van der Waals surface area contributed by atoms with Crippen molar-refractivity contribution in [2.75, 3.05) is 0 Å². The molecule has 0 aromatic heterocycles. The number of allylic oxidation sites excluding steroid dienone is 1. The van der Waals surface area contributed by atoms with Crippen LogP contribution in [0.4, 0.5) is 0 Å². The van der Waals surface area contributed by atoms with Crippen LogP contribution in [-0.2, 0) is 4.79 Å². The van der Waals surface area contributed by atoms with Gasteiger partial charge in [-0.3, -0.25) is 0 Å². The average Bonchev–Trinajstić information content (AvgIpc) is 3.12. The highest BCUT2D eigenvalue weighted by molar-refractivity contribution is 5.62. The van der Waals surface area contributed by atoms with Crippen LogP contribution in [0.5, 0.6) is 0 Å². The molecule has 5 saturated carbocycles. The first-order valence-corrected chi connectivity index (χ1v) is 13.7. The van der Waals surface area contributed by atoms with Crippen LogP contribution in [-0.4, -0.2) is 17.5 Å². The highest BCUT2D eigenvalue weighted by Crippen LogP contribution is 2.77. The molecule has 0 aliphatic heterocycles. The third kappa shape index (κ3) is 2.60. The Labute approximate surface area is 197 Å². The SMILES string of the molecule is C=C(C)C1CC[C@]2(C=O)CC[C@]3(C)C(CCC4[C@@]5(C)CC[C@H](O)C(C)(C)C5CC[C@]43C)C12. The molecule has 0 aromatic carbocycles. The average molecular weight is 441 g/mol. The molecule has 5 rings (SSSR count). The molecule has 5 fully saturated rings. The molecule has 5 aliphatic carbocycles. The predicted molar refractivity (Wildman–Crippen MR) is 131 cm³/mol. The quantitative estimate of drug-likeness (QED) is 0.364. The van der Waals surface area contributed by atoms with E-state index in [0.29, 0.717) is 39.9 Å². The fourth-order valence-electron chi connectivity index (χ4n) is 11.4. The van der Waals surface area contributed by atoms with Crippen LogP contribution in [0.3, 0.4) is 0 Å². The van der Waals surface area contributed by atoms with E-state index in [-0.39, 0.29) is 16.9 Å². The summed E-state index contributed by atoms with van der Waals surface area (Å²) in [4.78, 5) is 12.6.